The van der Waals surface area contributed by atoms with Crippen molar-refractivity contribution in [3.05, 3.63) is 59.6 Å². The molecule has 1 saturated carbocycles. The molecule has 1 atom stereocenters. The number of anilines is 1. The topological polar surface area (TPSA) is 47.7 Å². The molecule has 2 aromatic carbocycles. The number of benzene rings is 2. The lowest BCUT2D eigenvalue weighted by atomic mass is 10.2. The van der Waals surface area contributed by atoms with E-state index in [0.29, 0.717) is 23.4 Å². The third-order valence-corrected chi connectivity index (χ3v) is 5.28. The maximum absolute atomic E-state index is 6.51. The Kier molecular flexibility index (Phi) is 5.55. The van der Waals surface area contributed by atoms with Crippen molar-refractivity contribution in [3.63, 3.8) is 0 Å². The minimum absolute atomic E-state index is 0.332. The zero-order valence-electron chi connectivity index (χ0n) is 15.3. The second kappa shape index (κ2) is 8.24. The second-order valence-corrected chi connectivity index (χ2v) is 7.58. The molecule has 0 saturated heterocycles. The van der Waals surface area contributed by atoms with E-state index in [1.807, 2.05) is 42.5 Å². The van der Waals surface area contributed by atoms with Gasteiger partial charge in [-0.25, -0.2) is 0 Å². The molecule has 0 aromatic heterocycles. The highest BCUT2D eigenvalue weighted by molar-refractivity contribution is 6.32. The molecule has 2 N–H and O–H groups in total. The van der Waals surface area contributed by atoms with Gasteiger partial charge in [-0.15, -0.1) is 0 Å². The van der Waals surface area contributed by atoms with E-state index in [1.165, 1.54) is 12.8 Å². The molecule has 2 aromatic rings. The van der Waals surface area contributed by atoms with Gasteiger partial charge in [-0.3, -0.25) is 0 Å². The number of rotatable bonds is 8. The Bertz CT molecular complexity index is 820. The Morgan fingerprint density at radius 1 is 1.11 bits per heavy atom. The first-order valence-corrected chi connectivity index (χ1v) is 9.94. The van der Waals surface area contributed by atoms with Gasteiger partial charge in [-0.1, -0.05) is 29.8 Å². The van der Waals surface area contributed by atoms with Crippen LogP contribution in [0.4, 0.5) is 5.69 Å². The van der Waals surface area contributed by atoms with E-state index in [2.05, 4.69) is 17.1 Å². The highest BCUT2D eigenvalue weighted by Gasteiger charge is 2.22. The molecular formula is C22H25ClN2O2. The molecule has 1 aliphatic heterocycles. The van der Waals surface area contributed by atoms with Crippen LogP contribution in [0.3, 0.4) is 0 Å². The standard InChI is InChI=1S/C22H25ClN2O2/c23-21-13-18(25-12-2-3-17(25)10-11-24)8-9-22(21)27-20-5-1-4-19(14-20)26-15-16-6-7-16/h1-5,8-9,13-14,16-17H,6-7,10-12,15,24H2. The average molecular weight is 385 g/mol. The predicted octanol–water partition coefficient (Wildman–Crippen LogP) is 5.01. The van der Waals surface area contributed by atoms with Crippen LogP contribution in [0.1, 0.15) is 19.3 Å². The first-order chi connectivity index (χ1) is 13.2. The smallest absolute Gasteiger partial charge is 0.146 e. The number of nitrogens with zero attached hydrogens (tertiary/aromatic N) is 1. The molecular weight excluding hydrogens is 360 g/mol. The molecule has 4 rings (SSSR count). The maximum atomic E-state index is 6.51. The minimum Gasteiger partial charge on any atom is -0.493 e. The highest BCUT2D eigenvalue weighted by atomic mass is 35.5. The third-order valence-electron chi connectivity index (χ3n) is 4.99. The van der Waals surface area contributed by atoms with Crippen molar-refractivity contribution in [1.29, 1.82) is 0 Å². The largest absolute Gasteiger partial charge is 0.493 e. The fourth-order valence-electron chi connectivity index (χ4n) is 3.29. The zero-order chi connectivity index (χ0) is 18.6. The summed E-state index contributed by atoms with van der Waals surface area (Å²) in [4.78, 5) is 2.30. The van der Waals surface area contributed by atoms with Crippen LogP contribution in [0, 0.1) is 5.92 Å². The van der Waals surface area contributed by atoms with Crippen LogP contribution in [0.5, 0.6) is 17.2 Å². The Morgan fingerprint density at radius 3 is 2.74 bits per heavy atom. The lowest BCUT2D eigenvalue weighted by Gasteiger charge is -2.27. The van der Waals surface area contributed by atoms with E-state index in [9.17, 15) is 0 Å². The van der Waals surface area contributed by atoms with Crippen LogP contribution >= 0.6 is 11.6 Å². The SMILES string of the molecule is NCCC1C=CCN1c1ccc(Oc2cccc(OCC3CC3)c2)c(Cl)c1. The van der Waals surface area contributed by atoms with Gasteiger partial charge < -0.3 is 20.1 Å². The van der Waals surface area contributed by atoms with Gasteiger partial charge in [-0.2, -0.15) is 0 Å². The molecule has 1 fully saturated rings. The van der Waals surface area contributed by atoms with E-state index < -0.39 is 0 Å². The van der Waals surface area contributed by atoms with Crippen molar-refractivity contribution in [1.82, 2.24) is 0 Å². The van der Waals surface area contributed by atoms with Crippen molar-refractivity contribution < 1.29 is 9.47 Å². The van der Waals surface area contributed by atoms with Crippen LogP contribution in [-0.2, 0) is 0 Å². The van der Waals surface area contributed by atoms with Gasteiger partial charge in [0.05, 0.1) is 11.6 Å². The molecule has 1 unspecified atom stereocenters. The number of nitrogens with two attached hydrogens (primary N) is 1. The van der Waals surface area contributed by atoms with Crippen molar-refractivity contribution in [2.45, 2.75) is 25.3 Å². The van der Waals surface area contributed by atoms with E-state index in [0.717, 1.165) is 42.7 Å². The summed E-state index contributed by atoms with van der Waals surface area (Å²) in [5.74, 6) is 2.92. The molecule has 27 heavy (non-hydrogen) atoms. The number of hydrogen-bond acceptors (Lipinski definition) is 4. The molecule has 1 aliphatic carbocycles. The highest BCUT2D eigenvalue weighted by Crippen LogP contribution is 2.36. The first kappa shape index (κ1) is 18.2. The van der Waals surface area contributed by atoms with E-state index >= 15 is 0 Å². The minimum atomic E-state index is 0.332. The average Bonchev–Trinajstić information content (AvgIpc) is 3.39. The summed E-state index contributed by atoms with van der Waals surface area (Å²) in [6.45, 7) is 2.33. The molecule has 2 aliphatic rings. The summed E-state index contributed by atoms with van der Waals surface area (Å²) in [7, 11) is 0. The lowest BCUT2D eigenvalue weighted by Crippen LogP contribution is -2.31. The Balaban J connectivity index is 1.44. The summed E-state index contributed by atoms with van der Waals surface area (Å²) in [5.41, 5.74) is 6.81. The van der Waals surface area contributed by atoms with Gasteiger partial charge >= 0.3 is 0 Å². The quantitative estimate of drug-likeness (QED) is 0.649. The summed E-state index contributed by atoms with van der Waals surface area (Å²) < 4.78 is 11.8. The van der Waals surface area contributed by atoms with E-state index in [4.69, 9.17) is 26.8 Å². The van der Waals surface area contributed by atoms with Crippen LogP contribution in [-0.4, -0.2) is 25.7 Å². The monoisotopic (exact) mass is 384 g/mol. The van der Waals surface area contributed by atoms with E-state index in [-0.39, 0.29) is 0 Å². The van der Waals surface area contributed by atoms with E-state index in [1.54, 1.807) is 0 Å². The van der Waals surface area contributed by atoms with Crippen LogP contribution < -0.4 is 20.1 Å². The molecule has 0 amide bonds. The number of hydrogen-bond donors (Lipinski definition) is 1. The predicted molar refractivity (Wildman–Crippen MR) is 110 cm³/mol. The molecule has 0 spiro atoms. The molecule has 142 valence electrons. The molecule has 0 bridgehead atoms. The van der Waals surface area contributed by atoms with Gasteiger partial charge in [0.1, 0.15) is 17.2 Å². The third kappa shape index (κ3) is 4.57. The van der Waals surface area contributed by atoms with Gasteiger partial charge in [-0.05, 0) is 62.1 Å². The second-order valence-electron chi connectivity index (χ2n) is 7.17. The molecule has 1 heterocycles. The molecule has 4 nitrogen and oxygen atoms in total. The molecule has 0 radical (unpaired) electrons. The number of halogens is 1. The number of ether oxygens (including phenoxy) is 2. The Hall–Kier alpha value is -2.17. The normalized spacial score (nSPS) is 18.7. The first-order valence-electron chi connectivity index (χ1n) is 9.56. The van der Waals surface area contributed by atoms with Crippen LogP contribution in [0.25, 0.3) is 0 Å². The van der Waals surface area contributed by atoms with Crippen molar-refractivity contribution >= 4 is 17.3 Å². The fraction of sp³-hybridized carbons (Fsp3) is 0.364. The van der Waals surface area contributed by atoms with Gasteiger partial charge in [0.2, 0.25) is 0 Å². The summed E-state index contributed by atoms with van der Waals surface area (Å²) >= 11 is 6.51. The zero-order valence-corrected chi connectivity index (χ0v) is 16.1. The van der Waals surface area contributed by atoms with Gasteiger partial charge in [0, 0.05) is 24.3 Å². The summed E-state index contributed by atoms with van der Waals surface area (Å²) in [6.07, 6.45) is 7.86. The van der Waals surface area contributed by atoms with Crippen LogP contribution in [0.15, 0.2) is 54.6 Å². The van der Waals surface area contributed by atoms with Crippen molar-refractivity contribution in [3.8, 4) is 17.2 Å². The van der Waals surface area contributed by atoms with Gasteiger partial charge in [0.15, 0.2) is 0 Å². The Labute approximate surface area is 165 Å². The van der Waals surface area contributed by atoms with Crippen molar-refractivity contribution in [2.24, 2.45) is 11.7 Å². The van der Waals surface area contributed by atoms with Crippen LogP contribution in [0.2, 0.25) is 5.02 Å². The Morgan fingerprint density at radius 2 is 1.96 bits per heavy atom. The maximum Gasteiger partial charge on any atom is 0.146 e. The summed E-state index contributed by atoms with van der Waals surface area (Å²) in [5, 5.41) is 0.593. The fourth-order valence-corrected chi connectivity index (χ4v) is 3.51. The molecule has 5 heteroatoms. The lowest BCUT2D eigenvalue weighted by molar-refractivity contribution is 0.298. The van der Waals surface area contributed by atoms with Gasteiger partial charge in [0.25, 0.3) is 0 Å². The van der Waals surface area contributed by atoms with Crippen molar-refractivity contribution in [2.75, 3.05) is 24.6 Å². The summed E-state index contributed by atoms with van der Waals surface area (Å²) in [6, 6.07) is 14.0.